The highest BCUT2D eigenvalue weighted by Crippen LogP contribution is 1.96. The molecule has 0 aromatic carbocycles. The van der Waals surface area contributed by atoms with E-state index in [4.69, 9.17) is 0 Å². The lowest BCUT2D eigenvalue weighted by Gasteiger charge is -1.98. The molecule has 0 atom stereocenters. The molecule has 0 rings (SSSR count). The third kappa shape index (κ3) is 4.54. The SMILES string of the molecule is C=C(C)C(C)=NC/C(C)=C/C. The Kier molecular flexibility index (Phi) is 4.51. The number of nitrogens with zero attached hydrogens (tertiary/aromatic N) is 1. The molecule has 0 radical (unpaired) electrons. The van der Waals surface area contributed by atoms with Gasteiger partial charge in [-0.15, -0.1) is 0 Å². The van der Waals surface area contributed by atoms with Gasteiger partial charge in [-0.1, -0.05) is 18.2 Å². The van der Waals surface area contributed by atoms with Crippen molar-refractivity contribution in [2.75, 3.05) is 6.54 Å². The van der Waals surface area contributed by atoms with E-state index in [0.717, 1.165) is 17.8 Å². The van der Waals surface area contributed by atoms with Crippen molar-refractivity contribution in [3.8, 4) is 0 Å². The van der Waals surface area contributed by atoms with Gasteiger partial charge in [0.2, 0.25) is 0 Å². The van der Waals surface area contributed by atoms with Crippen molar-refractivity contribution in [3.05, 3.63) is 23.8 Å². The molecule has 0 aliphatic carbocycles. The molecular weight excluding hydrogens is 134 g/mol. The van der Waals surface area contributed by atoms with Crippen molar-refractivity contribution in [2.24, 2.45) is 4.99 Å². The molecule has 0 fully saturated rings. The van der Waals surface area contributed by atoms with Gasteiger partial charge in [-0.2, -0.15) is 0 Å². The van der Waals surface area contributed by atoms with Crippen LogP contribution >= 0.6 is 0 Å². The monoisotopic (exact) mass is 151 g/mol. The Bertz CT molecular complexity index is 197. The largest absolute Gasteiger partial charge is 0.285 e. The maximum Gasteiger partial charge on any atom is 0.0600 e. The maximum atomic E-state index is 4.34. The van der Waals surface area contributed by atoms with Crippen LogP contribution in [0.5, 0.6) is 0 Å². The van der Waals surface area contributed by atoms with E-state index in [1.807, 2.05) is 20.8 Å². The van der Waals surface area contributed by atoms with Gasteiger partial charge in [0.05, 0.1) is 6.54 Å². The summed E-state index contributed by atoms with van der Waals surface area (Å²) in [6.07, 6.45) is 2.08. The highest BCUT2D eigenvalue weighted by Gasteiger charge is 1.90. The number of rotatable bonds is 3. The number of allylic oxidation sites excluding steroid dienone is 2. The van der Waals surface area contributed by atoms with Crippen LogP contribution in [-0.2, 0) is 0 Å². The van der Waals surface area contributed by atoms with E-state index in [2.05, 4.69) is 24.6 Å². The molecule has 0 saturated heterocycles. The summed E-state index contributed by atoms with van der Waals surface area (Å²) in [5, 5.41) is 0. The molecular formula is C10H17N. The van der Waals surface area contributed by atoms with Crippen molar-refractivity contribution in [1.82, 2.24) is 0 Å². The number of hydrogen-bond acceptors (Lipinski definition) is 1. The van der Waals surface area contributed by atoms with E-state index in [-0.39, 0.29) is 0 Å². The van der Waals surface area contributed by atoms with Gasteiger partial charge in [0, 0.05) is 5.71 Å². The van der Waals surface area contributed by atoms with Gasteiger partial charge in [0.15, 0.2) is 0 Å². The molecule has 0 spiro atoms. The molecule has 0 aromatic heterocycles. The Morgan fingerprint density at radius 1 is 1.36 bits per heavy atom. The van der Waals surface area contributed by atoms with Crippen LogP contribution in [0.15, 0.2) is 28.8 Å². The van der Waals surface area contributed by atoms with Crippen LogP contribution in [0.1, 0.15) is 27.7 Å². The molecule has 1 heteroatoms. The molecule has 0 amide bonds. The predicted octanol–water partition coefficient (Wildman–Crippen LogP) is 2.99. The lowest BCUT2D eigenvalue weighted by Crippen LogP contribution is -1.94. The van der Waals surface area contributed by atoms with Crippen molar-refractivity contribution in [1.29, 1.82) is 0 Å². The first-order valence-electron chi connectivity index (χ1n) is 3.86. The van der Waals surface area contributed by atoms with Crippen LogP contribution < -0.4 is 0 Å². The second kappa shape index (κ2) is 4.89. The van der Waals surface area contributed by atoms with E-state index in [1.54, 1.807) is 0 Å². The standard InChI is InChI=1S/C10H17N/c1-6-9(4)7-11-10(5)8(2)3/h6H,2,7H2,1,3-5H3/b9-6+,11-10?. The first-order valence-corrected chi connectivity index (χ1v) is 3.86. The van der Waals surface area contributed by atoms with Gasteiger partial charge in [-0.25, -0.2) is 0 Å². The highest BCUT2D eigenvalue weighted by molar-refractivity contribution is 5.97. The summed E-state index contributed by atoms with van der Waals surface area (Å²) in [5.41, 5.74) is 3.39. The van der Waals surface area contributed by atoms with Crippen LogP contribution in [-0.4, -0.2) is 12.3 Å². The minimum atomic E-state index is 0.801. The van der Waals surface area contributed by atoms with Crippen molar-refractivity contribution in [3.63, 3.8) is 0 Å². The maximum absolute atomic E-state index is 4.34. The van der Waals surface area contributed by atoms with E-state index in [0.29, 0.717) is 0 Å². The van der Waals surface area contributed by atoms with Gasteiger partial charge < -0.3 is 0 Å². The zero-order valence-corrected chi connectivity index (χ0v) is 7.94. The zero-order chi connectivity index (χ0) is 8.85. The van der Waals surface area contributed by atoms with E-state index in [1.165, 1.54) is 5.57 Å². The molecule has 62 valence electrons. The van der Waals surface area contributed by atoms with E-state index >= 15 is 0 Å². The Balaban J connectivity index is 4.03. The Hall–Kier alpha value is -0.850. The third-order valence-electron chi connectivity index (χ3n) is 1.68. The molecule has 0 bridgehead atoms. The van der Waals surface area contributed by atoms with Gasteiger partial charge in [-0.05, 0) is 33.3 Å². The molecule has 0 heterocycles. The summed E-state index contributed by atoms with van der Waals surface area (Å²) in [5.74, 6) is 0. The normalized spacial score (nSPS) is 13.5. The Morgan fingerprint density at radius 2 is 1.91 bits per heavy atom. The van der Waals surface area contributed by atoms with E-state index in [9.17, 15) is 0 Å². The Labute approximate surface area is 69.5 Å². The lowest BCUT2D eigenvalue weighted by atomic mass is 10.2. The Morgan fingerprint density at radius 3 is 2.27 bits per heavy atom. The zero-order valence-electron chi connectivity index (χ0n) is 7.94. The minimum absolute atomic E-state index is 0.801. The molecule has 11 heavy (non-hydrogen) atoms. The molecule has 0 aromatic rings. The highest BCUT2D eigenvalue weighted by atomic mass is 14.7. The third-order valence-corrected chi connectivity index (χ3v) is 1.68. The van der Waals surface area contributed by atoms with Crippen LogP contribution in [0.25, 0.3) is 0 Å². The van der Waals surface area contributed by atoms with Crippen LogP contribution in [0.3, 0.4) is 0 Å². The summed E-state index contributed by atoms with van der Waals surface area (Å²) >= 11 is 0. The molecule has 0 N–H and O–H groups in total. The first-order chi connectivity index (χ1) is 5.07. The molecule has 0 aliphatic rings. The van der Waals surface area contributed by atoms with Crippen LogP contribution in [0.4, 0.5) is 0 Å². The van der Waals surface area contributed by atoms with Gasteiger partial charge in [0.1, 0.15) is 0 Å². The molecule has 0 aliphatic heterocycles. The van der Waals surface area contributed by atoms with Crippen molar-refractivity contribution >= 4 is 5.71 Å². The smallest absolute Gasteiger partial charge is 0.0600 e. The fraction of sp³-hybridized carbons (Fsp3) is 0.500. The second-order valence-corrected chi connectivity index (χ2v) is 2.82. The van der Waals surface area contributed by atoms with Crippen molar-refractivity contribution < 1.29 is 0 Å². The average molecular weight is 151 g/mol. The van der Waals surface area contributed by atoms with Gasteiger partial charge >= 0.3 is 0 Å². The predicted molar refractivity (Wildman–Crippen MR) is 52.2 cm³/mol. The number of hydrogen-bond donors (Lipinski definition) is 0. The quantitative estimate of drug-likeness (QED) is 0.434. The number of aliphatic imine (C=N–C) groups is 1. The first kappa shape index (κ1) is 10.2. The van der Waals surface area contributed by atoms with Crippen LogP contribution in [0, 0.1) is 0 Å². The summed E-state index contributed by atoms with van der Waals surface area (Å²) in [7, 11) is 0. The topological polar surface area (TPSA) is 12.4 Å². The summed E-state index contributed by atoms with van der Waals surface area (Å²) in [6, 6.07) is 0. The molecule has 0 saturated carbocycles. The second-order valence-electron chi connectivity index (χ2n) is 2.82. The fourth-order valence-electron chi connectivity index (χ4n) is 0.470. The minimum Gasteiger partial charge on any atom is -0.285 e. The summed E-state index contributed by atoms with van der Waals surface area (Å²) < 4.78 is 0. The molecule has 0 unspecified atom stereocenters. The van der Waals surface area contributed by atoms with E-state index < -0.39 is 0 Å². The van der Waals surface area contributed by atoms with Gasteiger partial charge in [-0.3, -0.25) is 4.99 Å². The van der Waals surface area contributed by atoms with Crippen LogP contribution in [0.2, 0.25) is 0 Å². The summed E-state index contributed by atoms with van der Waals surface area (Å²) in [6.45, 7) is 12.7. The summed E-state index contributed by atoms with van der Waals surface area (Å²) in [4.78, 5) is 4.34. The molecule has 1 nitrogen and oxygen atoms in total. The fourth-order valence-corrected chi connectivity index (χ4v) is 0.470. The van der Waals surface area contributed by atoms with Gasteiger partial charge in [0.25, 0.3) is 0 Å². The lowest BCUT2D eigenvalue weighted by molar-refractivity contribution is 1.12. The van der Waals surface area contributed by atoms with Crippen molar-refractivity contribution in [2.45, 2.75) is 27.7 Å². The average Bonchev–Trinajstić information content (AvgIpc) is 1.99.